The Morgan fingerprint density at radius 3 is 2.71 bits per heavy atom. The van der Waals surface area contributed by atoms with Gasteiger partial charge in [-0.25, -0.2) is 4.79 Å². The average molecular weight is 434 g/mol. The summed E-state index contributed by atoms with van der Waals surface area (Å²) in [6, 6.07) is 13.2. The number of amides is 2. The highest BCUT2D eigenvalue weighted by Gasteiger charge is 2.36. The minimum atomic E-state index is -0.631. The molecule has 0 unspecified atom stereocenters. The summed E-state index contributed by atoms with van der Waals surface area (Å²) in [6.07, 6.45) is 1.47. The van der Waals surface area contributed by atoms with E-state index in [0.29, 0.717) is 17.2 Å². The fourth-order valence-electron chi connectivity index (χ4n) is 3.26. The lowest BCUT2D eigenvalue weighted by atomic mass is 10.1. The molecule has 0 saturated carbocycles. The molecule has 0 atom stereocenters. The van der Waals surface area contributed by atoms with Crippen LogP contribution in [0, 0.1) is 0 Å². The maximum atomic E-state index is 12.7. The van der Waals surface area contributed by atoms with Crippen molar-refractivity contribution in [1.29, 1.82) is 0 Å². The van der Waals surface area contributed by atoms with Crippen molar-refractivity contribution in [1.82, 2.24) is 10.1 Å². The Balaban J connectivity index is 1.28. The van der Waals surface area contributed by atoms with Crippen LogP contribution in [0.1, 0.15) is 42.5 Å². The molecule has 0 N–H and O–H groups in total. The Labute approximate surface area is 179 Å². The lowest BCUT2D eigenvalue weighted by molar-refractivity contribution is 0.0464. The van der Waals surface area contributed by atoms with Gasteiger partial charge in [0.15, 0.2) is 5.76 Å². The normalized spacial score (nSPS) is 13.0. The number of benzene rings is 1. The molecule has 0 aliphatic carbocycles. The van der Waals surface area contributed by atoms with E-state index in [1.807, 2.05) is 17.5 Å². The molecule has 0 spiro atoms. The lowest BCUT2D eigenvalue weighted by Gasteiger charge is -2.11. The summed E-state index contributed by atoms with van der Waals surface area (Å²) in [7, 11) is 0. The van der Waals surface area contributed by atoms with Gasteiger partial charge in [-0.15, -0.1) is 11.3 Å². The van der Waals surface area contributed by atoms with Gasteiger partial charge < -0.3 is 13.7 Å². The number of carbonyl (C=O) groups is 3. The van der Waals surface area contributed by atoms with Crippen LogP contribution in [-0.4, -0.2) is 27.8 Å². The third-order valence-electron chi connectivity index (χ3n) is 4.77. The molecule has 154 valence electrons. The Kier molecular flexibility index (Phi) is 4.72. The summed E-state index contributed by atoms with van der Waals surface area (Å²) in [6.45, 7) is -0.0554. The standard InChI is InChI=1S/C22H14N2O6S/c25-20-16-6-5-13(9-17(16)21(26)24(20)11-15-3-1-7-28-15)22(27)29-12-14-10-18(30-23-14)19-4-2-8-31-19/h1-10H,11-12H2. The first-order valence-electron chi connectivity index (χ1n) is 9.29. The number of carbonyl (C=O) groups excluding carboxylic acids is 3. The van der Waals surface area contributed by atoms with Gasteiger partial charge >= 0.3 is 5.97 Å². The van der Waals surface area contributed by atoms with Crippen LogP contribution in [0.4, 0.5) is 0 Å². The van der Waals surface area contributed by atoms with E-state index in [1.165, 1.54) is 35.8 Å². The molecule has 0 bridgehead atoms. The largest absolute Gasteiger partial charge is 0.467 e. The molecule has 4 aromatic rings. The van der Waals surface area contributed by atoms with E-state index in [0.717, 1.165) is 9.78 Å². The van der Waals surface area contributed by atoms with E-state index in [4.69, 9.17) is 13.7 Å². The SMILES string of the molecule is O=C(OCc1cc(-c2cccs2)on1)c1ccc2c(c1)C(=O)N(Cc1ccco1)C2=O. The fraction of sp³-hybridized carbons (Fsp3) is 0.0909. The van der Waals surface area contributed by atoms with E-state index >= 15 is 0 Å². The molecule has 3 aromatic heterocycles. The lowest BCUT2D eigenvalue weighted by Crippen LogP contribution is -2.28. The van der Waals surface area contributed by atoms with Gasteiger partial charge in [0.25, 0.3) is 11.8 Å². The van der Waals surface area contributed by atoms with Gasteiger partial charge in [-0.2, -0.15) is 0 Å². The Bertz CT molecular complexity index is 1270. The van der Waals surface area contributed by atoms with Gasteiger partial charge in [0.2, 0.25) is 0 Å². The van der Waals surface area contributed by atoms with Gasteiger partial charge in [0.1, 0.15) is 18.1 Å². The van der Waals surface area contributed by atoms with Gasteiger partial charge in [0, 0.05) is 6.07 Å². The van der Waals surface area contributed by atoms with Crippen molar-refractivity contribution < 1.29 is 28.1 Å². The van der Waals surface area contributed by atoms with Crippen molar-refractivity contribution in [2.75, 3.05) is 0 Å². The van der Waals surface area contributed by atoms with Crippen molar-refractivity contribution in [2.45, 2.75) is 13.2 Å². The number of esters is 1. The molecular formula is C22H14N2O6S. The molecule has 9 heteroatoms. The molecule has 1 aromatic carbocycles. The van der Waals surface area contributed by atoms with Crippen molar-refractivity contribution in [3.8, 4) is 10.6 Å². The Morgan fingerprint density at radius 2 is 1.94 bits per heavy atom. The van der Waals surface area contributed by atoms with Crippen molar-refractivity contribution in [2.24, 2.45) is 0 Å². The molecule has 5 rings (SSSR count). The van der Waals surface area contributed by atoms with Crippen molar-refractivity contribution in [3.05, 3.63) is 88.3 Å². The summed E-state index contributed by atoms with van der Waals surface area (Å²) >= 11 is 1.51. The minimum Gasteiger partial charge on any atom is -0.467 e. The van der Waals surface area contributed by atoms with Crippen LogP contribution >= 0.6 is 11.3 Å². The summed E-state index contributed by atoms with van der Waals surface area (Å²) < 4.78 is 15.8. The highest BCUT2D eigenvalue weighted by atomic mass is 32.1. The summed E-state index contributed by atoms with van der Waals surface area (Å²) in [5.74, 6) is -0.459. The predicted molar refractivity (Wildman–Crippen MR) is 108 cm³/mol. The molecule has 0 saturated heterocycles. The Morgan fingerprint density at radius 1 is 1.06 bits per heavy atom. The van der Waals surface area contributed by atoms with Gasteiger partial charge in [0.05, 0.1) is 34.4 Å². The smallest absolute Gasteiger partial charge is 0.338 e. The number of hydrogen-bond acceptors (Lipinski definition) is 8. The highest BCUT2D eigenvalue weighted by Crippen LogP contribution is 2.27. The molecule has 0 fully saturated rings. The number of rotatable bonds is 6. The van der Waals surface area contributed by atoms with E-state index in [1.54, 1.807) is 18.2 Å². The summed E-state index contributed by atoms with van der Waals surface area (Å²) in [5, 5.41) is 5.83. The van der Waals surface area contributed by atoms with E-state index < -0.39 is 17.8 Å². The first-order chi connectivity index (χ1) is 15.1. The zero-order valence-corrected chi connectivity index (χ0v) is 16.8. The number of fused-ring (bicyclic) bond motifs is 1. The number of hydrogen-bond donors (Lipinski definition) is 0. The molecule has 1 aliphatic rings. The first-order valence-corrected chi connectivity index (χ1v) is 10.2. The zero-order chi connectivity index (χ0) is 21.4. The second-order valence-electron chi connectivity index (χ2n) is 6.77. The first kappa shape index (κ1) is 19.0. The predicted octanol–water partition coefficient (Wildman–Crippen LogP) is 4.15. The number of nitrogens with zero attached hydrogens (tertiary/aromatic N) is 2. The number of furan rings is 1. The third kappa shape index (κ3) is 3.55. The summed E-state index contributed by atoms with van der Waals surface area (Å²) in [4.78, 5) is 39.7. The quantitative estimate of drug-likeness (QED) is 0.332. The maximum absolute atomic E-state index is 12.7. The van der Waals surface area contributed by atoms with Crippen LogP contribution in [0.3, 0.4) is 0 Å². The van der Waals surface area contributed by atoms with Crippen LogP contribution in [0.15, 0.2) is 69.1 Å². The van der Waals surface area contributed by atoms with Crippen LogP contribution in [0.25, 0.3) is 10.6 Å². The number of aromatic nitrogens is 1. The molecule has 31 heavy (non-hydrogen) atoms. The van der Waals surface area contributed by atoms with Gasteiger partial charge in [-0.3, -0.25) is 14.5 Å². The number of ether oxygens (including phenoxy) is 1. The molecular weight excluding hydrogens is 420 g/mol. The van der Waals surface area contributed by atoms with Gasteiger partial charge in [-0.05, 0) is 41.8 Å². The molecule has 0 radical (unpaired) electrons. The van der Waals surface area contributed by atoms with Crippen LogP contribution in [0.2, 0.25) is 0 Å². The third-order valence-corrected chi connectivity index (χ3v) is 5.66. The topological polar surface area (TPSA) is 103 Å². The van der Waals surface area contributed by atoms with Crippen LogP contribution in [-0.2, 0) is 17.9 Å². The summed E-state index contributed by atoms with van der Waals surface area (Å²) in [5.41, 5.74) is 1.04. The van der Waals surface area contributed by atoms with E-state index in [9.17, 15) is 14.4 Å². The number of imide groups is 1. The molecule has 2 amide bonds. The second kappa shape index (κ2) is 7.69. The van der Waals surface area contributed by atoms with Crippen LogP contribution in [0.5, 0.6) is 0 Å². The second-order valence-corrected chi connectivity index (χ2v) is 7.72. The fourth-order valence-corrected chi connectivity index (χ4v) is 3.93. The van der Waals surface area contributed by atoms with Crippen LogP contribution < -0.4 is 0 Å². The maximum Gasteiger partial charge on any atom is 0.338 e. The molecule has 8 nitrogen and oxygen atoms in total. The van der Waals surface area contributed by atoms with E-state index in [2.05, 4.69) is 5.16 Å². The number of thiophene rings is 1. The van der Waals surface area contributed by atoms with E-state index in [-0.39, 0.29) is 29.8 Å². The van der Waals surface area contributed by atoms with Gasteiger partial charge in [-0.1, -0.05) is 11.2 Å². The van der Waals surface area contributed by atoms with Crippen molar-refractivity contribution in [3.63, 3.8) is 0 Å². The molecule has 4 heterocycles. The monoisotopic (exact) mass is 434 g/mol. The zero-order valence-electron chi connectivity index (χ0n) is 15.9. The highest BCUT2D eigenvalue weighted by molar-refractivity contribution is 7.13. The van der Waals surface area contributed by atoms with Crippen molar-refractivity contribution >= 4 is 29.1 Å². The molecule has 1 aliphatic heterocycles. The average Bonchev–Trinajstić information content (AvgIpc) is 3.58. The minimum absolute atomic E-state index is 0.0257. The Hall–Kier alpha value is -3.98.